The van der Waals surface area contributed by atoms with E-state index in [1.807, 2.05) is 0 Å². The largest absolute Gasteiger partial charge is 0.419 e. The first-order valence-corrected chi connectivity index (χ1v) is 10.5. The van der Waals surface area contributed by atoms with E-state index in [0.717, 1.165) is 12.1 Å². The van der Waals surface area contributed by atoms with E-state index in [2.05, 4.69) is 26.5 Å². The van der Waals surface area contributed by atoms with Crippen LogP contribution in [0.1, 0.15) is 31.9 Å². The summed E-state index contributed by atoms with van der Waals surface area (Å²) in [4.78, 5) is 17.0. The third kappa shape index (κ3) is 6.72. The molecule has 8 nitrogen and oxygen atoms in total. The fourth-order valence-corrected chi connectivity index (χ4v) is 3.70. The Labute approximate surface area is 192 Å². The smallest absolute Gasteiger partial charge is 0.383 e. The molecule has 34 heavy (non-hydrogen) atoms. The van der Waals surface area contributed by atoms with Gasteiger partial charge in [-0.25, -0.2) is 24.6 Å². The van der Waals surface area contributed by atoms with E-state index >= 15 is 0 Å². The van der Waals surface area contributed by atoms with Crippen molar-refractivity contribution in [2.24, 2.45) is 4.99 Å². The summed E-state index contributed by atoms with van der Waals surface area (Å²) in [5, 5.41) is 5.27. The normalized spacial score (nSPS) is 26.4. The highest BCUT2D eigenvalue weighted by Crippen LogP contribution is 2.34. The number of carbonyl (C=O) groups is 1. The Morgan fingerprint density at radius 3 is 2.56 bits per heavy atom. The highest BCUT2D eigenvalue weighted by atomic mass is 19.4. The molecule has 1 amide bonds. The summed E-state index contributed by atoms with van der Waals surface area (Å²) >= 11 is 0. The standard InChI is InChI=1S/C21H26F5N5O3/c1-10(9-33-3)27-20(29-19(32)15-4-11(2)34-18(15)21(24,25)26)28-17-8-16(30-31-17)12-5-13(22)7-14(23)6-12/h4-7,10-11,16-18,30-31H,8-9H2,1-3H3,(H2,27,28,29,32)/t10-,11?,16?,17?,18?/m0/s1. The number of methoxy groups -OCH3 is 1. The molecule has 0 spiro atoms. The first-order valence-electron chi connectivity index (χ1n) is 10.5. The third-order valence-corrected chi connectivity index (χ3v) is 5.09. The van der Waals surface area contributed by atoms with Gasteiger partial charge in [-0.05, 0) is 37.6 Å². The summed E-state index contributed by atoms with van der Waals surface area (Å²) in [7, 11) is 1.47. The van der Waals surface area contributed by atoms with E-state index in [0.29, 0.717) is 5.56 Å². The maximum atomic E-state index is 13.6. The van der Waals surface area contributed by atoms with E-state index in [-0.39, 0.29) is 25.0 Å². The SMILES string of the molecule is COC[C@H](C)NC(=NC1CC(c2cc(F)cc(F)c2)NN1)NC(=O)C1=CC(C)OC1C(F)(F)F. The number of hydrogen-bond donors (Lipinski definition) is 4. The second kappa shape index (κ2) is 10.8. The molecule has 0 saturated carbocycles. The quantitative estimate of drug-likeness (QED) is 0.277. The maximum Gasteiger partial charge on any atom is 0.419 e. The lowest BCUT2D eigenvalue weighted by atomic mass is 10.0. The molecule has 1 aromatic carbocycles. The molecule has 2 heterocycles. The number of ether oxygens (including phenoxy) is 2. The van der Waals surface area contributed by atoms with Crippen molar-refractivity contribution in [3.63, 3.8) is 0 Å². The molecule has 0 aromatic heterocycles. The van der Waals surface area contributed by atoms with Gasteiger partial charge in [0.25, 0.3) is 5.91 Å². The summed E-state index contributed by atoms with van der Waals surface area (Å²) < 4.78 is 76.9. The second-order valence-corrected chi connectivity index (χ2v) is 8.11. The number of nitrogens with one attached hydrogen (secondary N) is 4. The first kappa shape index (κ1) is 26.0. The van der Waals surface area contributed by atoms with Crippen LogP contribution in [0, 0.1) is 11.6 Å². The molecule has 0 bridgehead atoms. The van der Waals surface area contributed by atoms with E-state index in [1.165, 1.54) is 26.2 Å². The Kier molecular flexibility index (Phi) is 8.23. The molecule has 13 heteroatoms. The molecule has 4 unspecified atom stereocenters. The fourth-order valence-electron chi connectivity index (χ4n) is 3.70. The van der Waals surface area contributed by atoms with Crippen molar-refractivity contribution < 1.29 is 36.2 Å². The molecule has 2 aliphatic rings. The van der Waals surface area contributed by atoms with E-state index in [4.69, 9.17) is 9.47 Å². The lowest BCUT2D eigenvalue weighted by molar-refractivity contribution is -0.207. The number of alkyl halides is 3. The number of benzene rings is 1. The Balaban J connectivity index is 1.76. The lowest BCUT2D eigenvalue weighted by Crippen LogP contribution is -2.49. The molecular formula is C21H26F5N5O3. The number of guanidine groups is 1. The number of nitrogens with zero attached hydrogens (tertiary/aromatic N) is 1. The van der Waals surface area contributed by atoms with Crippen molar-refractivity contribution in [1.82, 2.24) is 21.5 Å². The molecule has 0 aliphatic carbocycles. The minimum Gasteiger partial charge on any atom is -0.383 e. The molecule has 4 N–H and O–H groups in total. The van der Waals surface area contributed by atoms with Crippen molar-refractivity contribution in [1.29, 1.82) is 0 Å². The fraction of sp³-hybridized carbons (Fsp3) is 0.524. The van der Waals surface area contributed by atoms with Crippen molar-refractivity contribution >= 4 is 11.9 Å². The van der Waals surface area contributed by atoms with Gasteiger partial charge in [-0.15, -0.1) is 0 Å². The van der Waals surface area contributed by atoms with Crippen molar-refractivity contribution in [2.75, 3.05) is 13.7 Å². The minimum absolute atomic E-state index is 0.0960. The van der Waals surface area contributed by atoms with Gasteiger partial charge in [-0.2, -0.15) is 13.2 Å². The molecule has 188 valence electrons. The number of halogens is 5. The number of carbonyl (C=O) groups excluding carboxylic acids is 1. The van der Waals surface area contributed by atoms with Crippen LogP contribution >= 0.6 is 0 Å². The average Bonchev–Trinajstić information content (AvgIpc) is 3.34. The summed E-state index contributed by atoms with van der Waals surface area (Å²) in [5.41, 5.74) is 5.49. The van der Waals surface area contributed by atoms with Crippen LogP contribution in [0.3, 0.4) is 0 Å². The predicted molar refractivity (Wildman–Crippen MR) is 112 cm³/mol. The van der Waals surface area contributed by atoms with Gasteiger partial charge in [0.1, 0.15) is 17.8 Å². The summed E-state index contributed by atoms with van der Waals surface area (Å²) in [6.45, 7) is 3.35. The number of rotatable bonds is 6. The van der Waals surface area contributed by atoms with Crippen molar-refractivity contribution in [2.45, 2.75) is 56.9 Å². The summed E-state index contributed by atoms with van der Waals surface area (Å²) in [5.74, 6) is -2.57. The van der Waals surface area contributed by atoms with Gasteiger partial charge in [0.2, 0.25) is 0 Å². The van der Waals surface area contributed by atoms with Gasteiger partial charge < -0.3 is 14.8 Å². The van der Waals surface area contributed by atoms with Crippen molar-refractivity contribution in [3.05, 3.63) is 47.0 Å². The van der Waals surface area contributed by atoms with Crippen LogP contribution in [-0.2, 0) is 14.3 Å². The first-order chi connectivity index (χ1) is 16.0. The molecule has 3 rings (SSSR count). The van der Waals surface area contributed by atoms with Gasteiger partial charge in [0.15, 0.2) is 12.1 Å². The van der Waals surface area contributed by atoms with Crippen LogP contribution in [-0.4, -0.2) is 56.2 Å². The molecule has 1 aromatic rings. The minimum atomic E-state index is -4.76. The molecular weight excluding hydrogens is 465 g/mol. The van der Waals surface area contributed by atoms with E-state index < -0.39 is 53.7 Å². The Hall–Kier alpha value is -2.61. The predicted octanol–water partition coefficient (Wildman–Crippen LogP) is 2.20. The number of amides is 1. The molecule has 0 radical (unpaired) electrons. The Morgan fingerprint density at radius 2 is 1.94 bits per heavy atom. The average molecular weight is 491 g/mol. The van der Waals surface area contributed by atoms with Gasteiger partial charge in [-0.1, -0.05) is 0 Å². The van der Waals surface area contributed by atoms with Gasteiger partial charge in [0, 0.05) is 31.7 Å². The molecule has 1 saturated heterocycles. The van der Waals surface area contributed by atoms with Crippen LogP contribution in [0.2, 0.25) is 0 Å². The number of hydrogen-bond acceptors (Lipinski definition) is 6. The highest BCUT2D eigenvalue weighted by molar-refractivity contribution is 6.06. The Morgan fingerprint density at radius 1 is 1.26 bits per heavy atom. The van der Waals surface area contributed by atoms with Gasteiger partial charge >= 0.3 is 6.18 Å². The molecule has 1 fully saturated rings. The van der Waals surface area contributed by atoms with E-state index in [1.54, 1.807) is 6.92 Å². The Bertz CT molecular complexity index is 935. The second-order valence-electron chi connectivity index (χ2n) is 8.11. The van der Waals surface area contributed by atoms with Gasteiger partial charge in [-0.3, -0.25) is 10.1 Å². The highest BCUT2D eigenvalue weighted by Gasteiger charge is 2.49. The van der Waals surface area contributed by atoms with Crippen LogP contribution in [0.4, 0.5) is 22.0 Å². The van der Waals surface area contributed by atoms with Crippen LogP contribution < -0.4 is 21.5 Å². The zero-order valence-electron chi connectivity index (χ0n) is 18.7. The van der Waals surface area contributed by atoms with Gasteiger partial charge in [0.05, 0.1) is 18.3 Å². The number of aliphatic imine (C=N–C) groups is 1. The van der Waals surface area contributed by atoms with E-state index in [9.17, 15) is 26.7 Å². The van der Waals surface area contributed by atoms with Crippen LogP contribution in [0.25, 0.3) is 0 Å². The van der Waals surface area contributed by atoms with Crippen molar-refractivity contribution in [3.8, 4) is 0 Å². The van der Waals surface area contributed by atoms with Crippen LogP contribution in [0.5, 0.6) is 0 Å². The maximum absolute atomic E-state index is 13.6. The number of hydrazine groups is 1. The monoisotopic (exact) mass is 491 g/mol. The van der Waals surface area contributed by atoms with Crippen LogP contribution in [0.15, 0.2) is 34.8 Å². The lowest BCUT2D eigenvalue weighted by Gasteiger charge is -2.21. The third-order valence-electron chi connectivity index (χ3n) is 5.09. The molecule has 5 atom stereocenters. The summed E-state index contributed by atoms with van der Waals surface area (Å²) in [6.07, 6.45) is -7.31. The topological polar surface area (TPSA) is 96.0 Å². The zero-order chi connectivity index (χ0) is 25.0. The zero-order valence-corrected chi connectivity index (χ0v) is 18.7. The summed E-state index contributed by atoms with van der Waals surface area (Å²) in [6, 6.07) is 2.28. The molecule has 2 aliphatic heterocycles.